The first-order valence-corrected chi connectivity index (χ1v) is 8.92. The molecule has 0 spiro atoms. The summed E-state index contributed by atoms with van der Waals surface area (Å²) in [6, 6.07) is 5.55. The zero-order chi connectivity index (χ0) is 17.1. The Morgan fingerprint density at radius 3 is 2.67 bits per heavy atom. The van der Waals surface area contributed by atoms with E-state index in [-0.39, 0.29) is 5.91 Å². The molecule has 0 radical (unpaired) electrons. The third-order valence-electron chi connectivity index (χ3n) is 4.39. The van der Waals surface area contributed by atoms with Crippen LogP contribution in [0.15, 0.2) is 28.1 Å². The van der Waals surface area contributed by atoms with Gasteiger partial charge in [0.1, 0.15) is 11.5 Å². The third-order valence-corrected chi connectivity index (χ3v) is 5.44. The summed E-state index contributed by atoms with van der Waals surface area (Å²) in [5.74, 6) is 1.98. The monoisotopic (exact) mass is 346 g/mol. The minimum Gasteiger partial charge on any atom is -0.497 e. The number of amidine groups is 1. The first-order chi connectivity index (χ1) is 11.6. The van der Waals surface area contributed by atoms with E-state index >= 15 is 0 Å². The highest BCUT2D eigenvalue weighted by molar-refractivity contribution is 8.18. The molecule has 0 bridgehead atoms. The molecule has 0 aliphatic carbocycles. The number of aliphatic imine (C=N–C) groups is 1. The lowest BCUT2D eigenvalue weighted by Crippen LogP contribution is -2.35. The maximum absolute atomic E-state index is 12.2. The van der Waals surface area contributed by atoms with Gasteiger partial charge < -0.3 is 14.4 Å². The molecule has 0 saturated carbocycles. The molecule has 2 aliphatic heterocycles. The molecule has 24 heavy (non-hydrogen) atoms. The van der Waals surface area contributed by atoms with Crippen LogP contribution in [0.25, 0.3) is 6.08 Å². The van der Waals surface area contributed by atoms with Gasteiger partial charge in [0.25, 0.3) is 5.91 Å². The van der Waals surface area contributed by atoms with E-state index in [1.54, 1.807) is 14.2 Å². The van der Waals surface area contributed by atoms with Crippen molar-refractivity contribution in [1.29, 1.82) is 0 Å². The van der Waals surface area contributed by atoms with E-state index in [9.17, 15) is 4.79 Å². The standard InChI is InChI=1S/C18H22N2O3S/c1-12-6-8-20(9-7-12)18-19-17(21)16(24-18)10-13-4-5-14(22-2)11-15(13)23-3/h4-5,10-12H,6-9H2,1-3H3. The summed E-state index contributed by atoms with van der Waals surface area (Å²) in [4.78, 5) is 19.3. The predicted molar refractivity (Wildman–Crippen MR) is 97.5 cm³/mol. The highest BCUT2D eigenvalue weighted by Crippen LogP contribution is 2.34. The van der Waals surface area contributed by atoms with Crippen LogP contribution in [-0.2, 0) is 4.79 Å². The van der Waals surface area contributed by atoms with E-state index in [1.807, 2.05) is 24.3 Å². The molecule has 0 atom stereocenters. The fraction of sp³-hybridized carbons (Fsp3) is 0.444. The van der Waals surface area contributed by atoms with Gasteiger partial charge in [0.2, 0.25) is 0 Å². The zero-order valence-electron chi connectivity index (χ0n) is 14.2. The second kappa shape index (κ2) is 7.30. The van der Waals surface area contributed by atoms with Gasteiger partial charge >= 0.3 is 0 Å². The van der Waals surface area contributed by atoms with Crippen molar-refractivity contribution in [3.8, 4) is 11.5 Å². The Kier molecular flexibility index (Phi) is 5.14. The summed E-state index contributed by atoms with van der Waals surface area (Å²) in [6.45, 7) is 4.21. The van der Waals surface area contributed by atoms with Gasteiger partial charge in [-0.3, -0.25) is 4.79 Å². The summed E-state index contributed by atoms with van der Waals surface area (Å²) in [7, 11) is 3.22. The Balaban J connectivity index is 1.77. The van der Waals surface area contributed by atoms with Crippen LogP contribution in [0, 0.1) is 5.92 Å². The molecule has 5 nitrogen and oxygen atoms in total. The molecule has 0 aromatic heterocycles. The average Bonchev–Trinajstić information content (AvgIpc) is 2.96. The number of likely N-dealkylation sites (tertiary alicyclic amines) is 1. The highest BCUT2D eigenvalue weighted by atomic mass is 32.2. The number of nitrogens with zero attached hydrogens (tertiary/aromatic N) is 2. The highest BCUT2D eigenvalue weighted by Gasteiger charge is 2.28. The number of methoxy groups -OCH3 is 2. The van der Waals surface area contributed by atoms with Crippen LogP contribution < -0.4 is 9.47 Å². The molecule has 2 heterocycles. The third kappa shape index (κ3) is 3.59. The molecule has 6 heteroatoms. The molecule has 2 aliphatic rings. The molecular weight excluding hydrogens is 324 g/mol. The Bertz CT molecular complexity index is 692. The van der Waals surface area contributed by atoms with Crippen LogP contribution in [0.2, 0.25) is 0 Å². The van der Waals surface area contributed by atoms with Gasteiger partial charge in [-0.1, -0.05) is 6.92 Å². The number of hydrogen-bond acceptors (Lipinski definition) is 5. The largest absolute Gasteiger partial charge is 0.497 e. The fourth-order valence-electron chi connectivity index (χ4n) is 2.81. The topological polar surface area (TPSA) is 51.1 Å². The average molecular weight is 346 g/mol. The van der Waals surface area contributed by atoms with Crippen molar-refractivity contribution < 1.29 is 14.3 Å². The normalized spacial score (nSPS) is 20.5. The molecule has 0 unspecified atom stereocenters. The number of hydrogen-bond donors (Lipinski definition) is 0. The van der Waals surface area contributed by atoms with E-state index in [2.05, 4.69) is 16.8 Å². The van der Waals surface area contributed by atoms with Crippen molar-refractivity contribution in [2.24, 2.45) is 10.9 Å². The molecule has 0 N–H and O–H groups in total. The maximum Gasteiger partial charge on any atom is 0.286 e. The number of carbonyl (C=O) groups is 1. The molecule has 1 amide bonds. The lowest BCUT2D eigenvalue weighted by atomic mass is 10.00. The Morgan fingerprint density at radius 1 is 1.25 bits per heavy atom. The van der Waals surface area contributed by atoms with Gasteiger partial charge in [0, 0.05) is 24.7 Å². The first-order valence-electron chi connectivity index (χ1n) is 8.10. The van der Waals surface area contributed by atoms with E-state index in [1.165, 1.54) is 11.8 Å². The van der Waals surface area contributed by atoms with E-state index in [0.29, 0.717) is 10.7 Å². The summed E-state index contributed by atoms with van der Waals surface area (Å²) < 4.78 is 10.6. The number of benzene rings is 1. The Hall–Kier alpha value is -1.95. The van der Waals surface area contributed by atoms with E-state index in [0.717, 1.165) is 48.3 Å². The number of thioether (sulfide) groups is 1. The zero-order valence-corrected chi connectivity index (χ0v) is 15.1. The predicted octanol–water partition coefficient (Wildman–Crippen LogP) is 3.41. The van der Waals surface area contributed by atoms with Crippen molar-refractivity contribution in [3.05, 3.63) is 28.7 Å². The fourth-order valence-corrected chi connectivity index (χ4v) is 3.77. The minimum absolute atomic E-state index is 0.175. The van der Waals surface area contributed by atoms with Crippen molar-refractivity contribution >= 4 is 28.9 Å². The number of piperidine rings is 1. The Labute approximate surface area is 146 Å². The van der Waals surface area contributed by atoms with Gasteiger partial charge in [0.15, 0.2) is 5.17 Å². The molecular formula is C18H22N2O3S. The van der Waals surface area contributed by atoms with Crippen LogP contribution in [0.3, 0.4) is 0 Å². The SMILES string of the molecule is COc1ccc(C=C2SC(N3CCC(C)CC3)=NC2=O)c(OC)c1. The minimum atomic E-state index is -0.175. The second-order valence-electron chi connectivity index (χ2n) is 6.09. The number of ether oxygens (including phenoxy) is 2. The first kappa shape index (κ1) is 16.9. The van der Waals surface area contributed by atoms with E-state index in [4.69, 9.17) is 9.47 Å². The summed E-state index contributed by atoms with van der Waals surface area (Å²) in [5, 5.41) is 0.825. The Morgan fingerprint density at radius 2 is 2.00 bits per heavy atom. The molecule has 1 fully saturated rings. The summed E-state index contributed by atoms with van der Waals surface area (Å²) >= 11 is 1.45. The maximum atomic E-state index is 12.2. The van der Waals surface area contributed by atoms with Crippen molar-refractivity contribution in [2.45, 2.75) is 19.8 Å². The molecule has 1 aromatic rings. The molecule has 1 aromatic carbocycles. The molecule has 1 saturated heterocycles. The van der Waals surface area contributed by atoms with Crippen molar-refractivity contribution in [2.75, 3.05) is 27.3 Å². The van der Waals surface area contributed by atoms with Crippen LogP contribution in [0.1, 0.15) is 25.3 Å². The smallest absolute Gasteiger partial charge is 0.286 e. The van der Waals surface area contributed by atoms with Crippen LogP contribution in [0.4, 0.5) is 0 Å². The van der Waals surface area contributed by atoms with Crippen molar-refractivity contribution in [1.82, 2.24) is 4.90 Å². The number of amides is 1. The van der Waals surface area contributed by atoms with Crippen LogP contribution in [0.5, 0.6) is 11.5 Å². The van der Waals surface area contributed by atoms with Gasteiger partial charge in [-0.05, 0) is 48.7 Å². The van der Waals surface area contributed by atoms with Crippen LogP contribution >= 0.6 is 11.8 Å². The van der Waals surface area contributed by atoms with Crippen molar-refractivity contribution in [3.63, 3.8) is 0 Å². The summed E-state index contributed by atoms with van der Waals surface area (Å²) in [6.07, 6.45) is 4.15. The summed E-state index contributed by atoms with van der Waals surface area (Å²) in [5.41, 5.74) is 0.845. The quantitative estimate of drug-likeness (QED) is 0.785. The van der Waals surface area contributed by atoms with Gasteiger partial charge in [-0.25, -0.2) is 0 Å². The molecule has 3 rings (SSSR count). The van der Waals surface area contributed by atoms with Gasteiger partial charge in [-0.2, -0.15) is 4.99 Å². The lowest BCUT2D eigenvalue weighted by molar-refractivity contribution is -0.113. The van der Waals surface area contributed by atoms with Crippen LogP contribution in [-0.4, -0.2) is 43.3 Å². The number of rotatable bonds is 3. The van der Waals surface area contributed by atoms with E-state index < -0.39 is 0 Å². The number of carbonyl (C=O) groups excluding carboxylic acids is 1. The lowest BCUT2D eigenvalue weighted by Gasteiger charge is -2.30. The second-order valence-corrected chi connectivity index (χ2v) is 7.10. The molecule has 128 valence electrons. The van der Waals surface area contributed by atoms with Gasteiger partial charge in [0.05, 0.1) is 19.1 Å². The van der Waals surface area contributed by atoms with Gasteiger partial charge in [-0.15, -0.1) is 0 Å².